The van der Waals surface area contributed by atoms with Crippen LogP contribution in [-0.2, 0) is 4.79 Å². The number of amides is 3. The van der Waals surface area contributed by atoms with Crippen molar-refractivity contribution < 1.29 is 28.3 Å². The Balaban J connectivity index is 2.15. The summed E-state index contributed by atoms with van der Waals surface area (Å²) < 4.78 is 19.8. The predicted molar refractivity (Wildman–Crippen MR) is 105 cm³/mol. The first-order chi connectivity index (χ1) is 13.4. The second-order valence-corrected chi connectivity index (χ2v) is 8.51. The number of nitrogens with one attached hydrogen (secondary N) is 1. The van der Waals surface area contributed by atoms with Crippen molar-refractivity contribution in [3.63, 3.8) is 0 Å². The van der Waals surface area contributed by atoms with Crippen molar-refractivity contribution in [2.75, 3.05) is 11.9 Å². The Bertz CT molecular complexity index is 1020. The lowest BCUT2D eigenvalue weighted by atomic mass is 9.71. The molecule has 3 amide bonds. The van der Waals surface area contributed by atoms with Crippen molar-refractivity contribution in [1.29, 1.82) is 0 Å². The average Bonchev–Trinajstić information content (AvgIpc) is 3.13. The maximum atomic E-state index is 14.3. The SMILES string of the molecule is CC(C)(C)[C@]1(C(=O)Nc2c(C(N)=O)oc3ccc(Cl)cc23)C[C@H](F)CN1C(=O)O. The molecule has 0 unspecified atom stereocenters. The number of primary amides is 1. The Labute approximate surface area is 170 Å². The molecule has 0 saturated carbocycles. The lowest BCUT2D eigenvalue weighted by Gasteiger charge is -2.45. The summed E-state index contributed by atoms with van der Waals surface area (Å²) in [5.74, 6) is -2.02. The fraction of sp³-hybridized carbons (Fsp3) is 0.421. The highest BCUT2D eigenvalue weighted by Crippen LogP contribution is 2.46. The number of hydrogen-bond donors (Lipinski definition) is 3. The Hall–Kier alpha value is -2.81. The van der Waals surface area contributed by atoms with Crippen LogP contribution in [0.25, 0.3) is 11.0 Å². The van der Waals surface area contributed by atoms with Gasteiger partial charge >= 0.3 is 6.09 Å². The molecular weight excluding hydrogens is 405 g/mol. The molecule has 4 N–H and O–H groups in total. The molecule has 2 atom stereocenters. The van der Waals surface area contributed by atoms with Gasteiger partial charge in [-0.3, -0.25) is 14.5 Å². The van der Waals surface area contributed by atoms with Gasteiger partial charge < -0.3 is 20.6 Å². The largest absolute Gasteiger partial charge is 0.465 e. The van der Waals surface area contributed by atoms with E-state index in [1.807, 2.05) is 0 Å². The number of likely N-dealkylation sites (tertiary alicyclic amines) is 1. The minimum atomic E-state index is -1.71. The van der Waals surface area contributed by atoms with Crippen molar-refractivity contribution >= 4 is 46.2 Å². The summed E-state index contributed by atoms with van der Waals surface area (Å²) >= 11 is 6.02. The molecule has 3 rings (SSSR count). The van der Waals surface area contributed by atoms with E-state index in [0.717, 1.165) is 4.90 Å². The molecule has 0 radical (unpaired) electrons. The van der Waals surface area contributed by atoms with Crippen LogP contribution in [0, 0.1) is 5.41 Å². The summed E-state index contributed by atoms with van der Waals surface area (Å²) in [6, 6.07) is 4.53. The molecule has 1 fully saturated rings. The minimum Gasteiger partial charge on any atom is -0.465 e. The topological polar surface area (TPSA) is 126 Å². The summed E-state index contributed by atoms with van der Waals surface area (Å²) in [6.45, 7) is 4.53. The number of furan rings is 1. The van der Waals surface area contributed by atoms with Crippen molar-refractivity contribution in [2.45, 2.75) is 38.9 Å². The Morgan fingerprint density at radius 1 is 1.38 bits per heavy atom. The van der Waals surface area contributed by atoms with Crippen LogP contribution in [0.4, 0.5) is 14.9 Å². The molecule has 0 bridgehead atoms. The number of benzene rings is 1. The van der Waals surface area contributed by atoms with Crippen LogP contribution in [0.3, 0.4) is 0 Å². The fourth-order valence-corrected chi connectivity index (χ4v) is 4.11. The number of anilines is 1. The van der Waals surface area contributed by atoms with E-state index in [9.17, 15) is 23.9 Å². The van der Waals surface area contributed by atoms with E-state index >= 15 is 0 Å². The lowest BCUT2D eigenvalue weighted by molar-refractivity contribution is -0.132. The van der Waals surface area contributed by atoms with Gasteiger partial charge in [-0.25, -0.2) is 9.18 Å². The van der Waals surface area contributed by atoms with Crippen LogP contribution in [0.15, 0.2) is 22.6 Å². The van der Waals surface area contributed by atoms with Crippen LogP contribution in [-0.4, -0.2) is 46.2 Å². The zero-order chi connectivity index (χ0) is 21.7. The van der Waals surface area contributed by atoms with Crippen molar-refractivity contribution in [2.24, 2.45) is 11.1 Å². The first-order valence-electron chi connectivity index (χ1n) is 8.86. The van der Waals surface area contributed by atoms with Gasteiger partial charge in [0.05, 0.1) is 6.54 Å². The molecule has 0 spiro atoms. The summed E-state index contributed by atoms with van der Waals surface area (Å²) in [6.07, 6.45) is -3.25. The number of carbonyl (C=O) groups excluding carboxylic acids is 2. The minimum absolute atomic E-state index is 0.0312. The third-order valence-electron chi connectivity index (χ3n) is 5.32. The van der Waals surface area contributed by atoms with E-state index < -0.39 is 41.6 Å². The van der Waals surface area contributed by atoms with Gasteiger partial charge in [0.1, 0.15) is 23.0 Å². The molecule has 29 heavy (non-hydrogen) atoms. The van der Waals surface area contributed by atoms with E-state index in [1.165, 1.54) is 18.2 Å². The van der Waals surface area contributed by atoms with E-state index in [1.54, 1.807) is 20.8 Å². The summed E-state index contributed by atoms with van der Waals surface area (Å²) in [5.41, 5.74) is 2.94. The quantitative estimate of drug-likeness (QED) is 0.692. The molecule has 0 aliphatic carbocycles. The maximum absolute atomic E-state index is 14.3. The van der Waals surface area contributed by atoms with Gasteiger partial charge in [0.25, 0.3) is 11.8 Å². The summed E-state index contributed by atoms with van der Waals surface area (Å²) in [5, 5.41) is 12.8. The third kappa shape index (κ3) is 3.29. The molecule has 1 aliphatic rings. The first-order valence-corrected chi connectivity index (χ1v) is 9.24. The number of carbonyl (C=O) groups is 3. The van der Waals surface area contributed by atoms with E-state index in [-0.39, 0.29) is 23.5 Å². The Kier molecular flexibility index (Phi) is 4.98. The fourth-order valence-electron chi connectivity index (χ4n) is 3.94. The highest BCUT2D eigenvalue weighted by Gasteiger charge is 2.60. The Morgan fingerprint density at radius 3 is 2.59 bits per heavy atom. The zero-order valence-electron chi connectivity index (χ0n) is 16.1. The van der Waals surface area contributed by atoms with Gasteiger partial charge in [0, 0.05) is 16.8 Å². The van der Waals surface area contributed by atoms with Crippen molar-refractivity contribution in [1.82, 2.24) is 4.90 Å². The first kappa shape index (κ1) is 20.9. The van der Waals surface area contributed by atoms with Gasteiger partial charge in [0.2, 0.25) is 5.76 Å². The third-order valence-corrected chi connectivity index (χ3v) is 5.55. The number of nitrogens with two attached hydrogens (primary N) is 1. The van der Waals surface area contributed by atoms with Crippen LogP contribution >= 0.6 is 11.6 Å². The number of rotatable bonds is 3. The van der Waals surface area contributed by atoms with E-state index in [0.29, 0.717) is 10.4 Å². The van der Waals surface area contributed by atoms with Gasteiger partial charge in [-0.15, -0.1) is 0 Å². The predicted octanol–water partition coefficient (Wildman–Crippen LogP) is 3.63. The van der Waals surface area contributed by atoms with E-state index in [4.69, 9.17) is 21.8 Å². The second-order valence-electron chi connectivity index (χ2n) is 8.07. The monoisotopic (exact) mass is 425 g/mol. The standard InChI is InChI=1S/C19H21ClFN3O5/c1-18(2,3)19(7-10(21)8-24(19)17(27)28)16(26)23-13-11-6-9(20)4-5-12(11)29-14(13)15(22)25/h4-6,10H,7-8H2,1-3H3,(H2,22,25)(H,23,26)(H,27,28)/t10-,19+/m0/s1. The number of alkyl halides is 1. The normalized spacial score (nSPS) is 22.1. The average molecular weight is 426 g/mol. The van der Waals surface area contributed by atoms with Gasteiger partial charge in [-0.05, 0) is 23.6 Å². The van der Waals surface area contributed by atoms with Gasteiger partial charge in [-0.2, -0.15) is 0 Å². The molecule has 1 aromatic carbocycles. The lowest BCUT2D eigenvalue weighted by Crippen LogP contribution is -2.62. The zero-order valence-corrected chi connectivity index (χ0v) is 16.8. The molecule has 1 aromatic heterocycles. The molecule has 1 aliphatic heterocycles. The van der Waals surface area contributed by atoms with E-state index in [2.05, 4.69) is 5.32 Å². The highest BCUT2D eigenvalue weighted by atomic mass is 35.5. The number of hydrogen-bond acceptors (Lipinski definition) is 4. The number of halogens is 2. The molecule has 2 aromatic rings. The molecule has 2 heterocycles. The second kappa shape index (κ2) is 6.91. The number of fused-ring (bicyclic) bond motifs is 1. The summed E-state index contributed by atoms with van der Waals surface area (Å²) in [7, 11) is 0. The Morgan fingerprint density at radius 2 is 2.03 bits per heavy atom. The molecule has 8 nitrogen and oxygen atoms in total. The van der Waals surface area contributed by atoms with Crippen LogP contribution in [0.5, 0.6) is 0 Å². The molecular formula is C19H21ClFN3O5. The van der Waals surface area contributed by atoms with Gasteiger partial charge in [0.15, 0.2) is 0 Å². The molecule has 156 valence electrons. The summed E-state index contributed by atoms with van der Waals surface area (Å²) in [4.78, 5) is 37.9. The number of nitrogens with zero attached hydrogens (tertiary/aromatic N) is 1. The van der Waals surface area contributed by atoms with Crippen LogP contribution < -0.4 is 11.1 Å². The van der Waals surface area contributed by atoms with Crippen LogP contribution in [0.2, 0.25) is 5.02 Å². The highest BCUT2D eigenvalue weighted by molar-refractivity contribution is 6.31. The molecule has 10 heteroatoms. The number of carboxylic acid groups (broad SMARTS) is 1. The van der Waals surface area contributed by atoms with Crippen LogP contribution in [0.1, 0.15) is 37.7 Å². The van der Waals surface area contributed by atoms with Crippen molar-refractivity contribution in [3.8, 4) is 0 Å². The maximum Gasteiger partial charge on any atom is 0.408 e. The molecule has 1 saturated heterocycles. The van der Waals surface area contributed by atoms with Gasteiger partial charge in [-0.1, -0.05) is 32.4 Å². The van der Waals surface area contributed by atoms with Crippen molar-refractivity contribution in [3.05, 3.63) is 29.0 Å². The smallest absolute Gasteiger partial charge is 0.408 e.